The van der Waals surface area contributed by atoms with Crippen molar-refractivity contribution in [2.45, 2.75) is 35.3 Å². The molecule has 24 heavy (non-hydrogen) atoms. The van der Waals surface area contributed by atoms with E-state index in [-0.39, 0.29) is 9.65 Å². The zero-order valence-electron chi connectivity index (χ0n) is 14.3. The van der Waals surface area contributed by atoms with Crippen LogP contribution >= 0.6 is 31.9 Å². The summed E-state index contributed by atoms with van der Waals surface area (Å²) in [6, 6.07) is 13.1. The van der Waals surface area contributed by atoms with Crippen LogP contribution in [0.3, 0.4) is 0 Å². The summed E-state index contributed by atoms with van der Waals surface area (Å²) in [5.74, 6) is 2.52. The molecule has 0 spiro atoms. The van der Waals surface area contributed by atoms with Crippen LogP contribution in [0.1, 0.15) is 57.6 Å². The van der Waals surface area contributed by atoms with E-state index in [1.54, 1.807) is 14.2 Å². The minimum atomic E-state index is 0.0772. The molecule has 4 bridgehead atoms. The van der Waals surface area contributed by atoms with Crippen LogP contribution in [0.4, 0.5) is 0 Å². The molecule has 4 atom stereocenters. The molecule has 128 valence electrons. The highest BCUT2D eigenvalue weighted by atomic mass is 79.9. The first-order valence-corrected chi connectivity index (χ1v) is 9.94. The molecule has 4 aliphatic rings. The average molecular weight is 454 g/mol. The summed E-state index contributed by atoms with van der Waals surface area (Å²) in [6.45, 7) is 4.52. The van der Waals surface area contributed by atoms with Crippen molar-refractivity contribution < 1.29 is 9.47 Å². The van der Waals surface area contributed by atoms with Crippen LogP contribution in [-0.2, 0) is 0 Å². The molecule has 0 aliphatic heterocycles. The van der Waals surface area contributed by atoms with E-state index in [9.17, 15) is 0 Å². The van der Waals surface area contributed by atoms with Crippen LogP contribution in [0.2, 0.25) is 0 Å². The van der Waals surface area contributed by atoms with E-state index in [0.717, 1.165) is 17.1 Å². The van der Waals surface area contributed by atoms with Crippen molar-refractivity contribution in [1.29, 1.82) is 0 Å². The molecule has 6 rings (SSSR count). The predicted molar refractivity (Wildman–Crippen MR) is 106 cm³/mol. The molecule has 4 aliphatic carbocycles. The van der Waals surface area contributed by atoms with Gasteiger partial charge in [-0.05, 0) is 35.1 Å². The van der Waals surface area contributed by atoms with Crippen LogP contribution in [0, 0.1) is 0 Å². The van der Waals surface area contributed by atoms with E-state index < -0.39 is 0 Å². The van der Waals surface area contributed by atoms with Crippen molar-refractivity contribution >= 4 is 31.9 Å². The molecule has 2 aromatic rings. The second-order valence-corrected chi connectivity index (χ2v) is 8.36. The van der Waals surface area contributed by atoms with Crippen LogP contribution < -0.4 is 9.47 Å². The zero-order valence-corrected chi connectivity index (χ0v) is 17.5. The third-order valence-electron chi connectivity index (χ3n) is 5.16. The van der Waals surface area contributed by atoms with E-state index in [0.29, 0.717) is 11.8 Å². The number of ether oxygens (including phenoxy) is 2. The smallest absolute Gasteiger partial charge is 0.123 e. The molecule has 0 amide bonds. The molecule has 0 saturated carbocycles. The maximum Gasteiger partial charge on any atom is 0.123 e. The van der Waals surface area contributed by atoms with E-state index in [1.807, 2.05) is 0 Å². The summed E-state index contributed by atoms with van der Waals surface area (Å²) in [5, 5.41) is 0. The highest BCUT2D eigenvalue weighted by Gasteiger charge is 2.28. The SMILES string of the molecule is COc1cc2c(OC)cc1[C@@H](Br)[C@@H](Br)c1ccc(cc1)[C@H](C)[C@H]2C. The van der Waals surface area contributed by atoms with E-state index in [1.165, 1.54) is 16.7 Å². The van der Waals surface area contributed by atoms with Gasteiger partial charge in [-0.15, -0.1) is 0 Å². The van der Waals surface area contributed by atoms with Crippen molar-refractivity contribution in [3.8, 4) is 11.5 Å². The largest absolute Gasteiger partial charge is 0.496 e. The summed E-state index contributed by atoms with van der Waals surface area (Å²) in [6.07, 6.45) is 0. The Balaban J connectivity index is 2.27. The van der Waals surface area contributed by atoms with Gasteiger partial charge in [0, 0.05) is 11.1 Å². The molecule has 0 N–H and O–H groups in total. The first-order valence-electron chi connectivity index (χ1n) is 8.11. The monoisotopic (exact) mass is 452 g/mol. The molecule has 0 heterocycles. The number of alkyl halides is 2. The van der Waals surface area contributed by atoms with Gasteiger partial charge >= 0.3 is 0 Å². The minimum absolute atomic E-state index is 0.0772. The fourth-order valence-electron chi connectivity index (χ4n) is 3.38. The van der Waals surface area contributed by atoms with Gasteiger partial charge in [0.25, 0.3) is 0 Å². The maximum atomic E-state index is 5.72. The lowest BCUT2D eigenvalue weighted by molar-refractivity contribution is 0.389. The van der Waals surface area contributed by atoms with Crippen LogP contribution in [-0.4, -0.2) is 14.2 Å². The Kier molecular flexibility index (Phi) is 5.26. The summed E-state index contributed by atoms with van der Waals surface area (Å²) < 4.78 is 11.4. The van der Waals surface area contributed by atoms with Crippen LogP contribution in [0.5, 0.6) is 11.5 Å². The first-order chi connectivity index (χ1) is 11.5. The Morgan fingerprint density at radius 2 is 1.21 bits per heavy atom. The van der Waals surface area contributed by atoms with Gasteiger partial charge in [0.15, 0.2) is 0 Å². The molecule has 2 aromatic carbocycles. The minimum Gasteiger partial charge on any atom is -0.496 e. The third-order valence-corrected chi connectivity index (χ3v) is 7.95. The van der Waals surface area contributed by atoms with Crippen molar-refractivity contribution in [1.82, 2.24) is 0 Å². The predicted octanol–water partition coefficient (Wildman–Crippen LogP) is 6.50. The van der Waals surface area contributed by atoms with E-state index in [2.05, 4.69) is 82.1 Å². The first kappa shape index (κ1) is 17.8. The number of methoxy groups -OCH3 is 2. The lowest BCUT2D eigenvalue weighted by atomic mass is 9.82. The van der Waals surface area contributed by atoms with Crippen LogP contribution in [0.15, 0.2) is 36.4 Å². The van der Waals surface area contributed by atoms with Crippen molar-refractivity contribution in [2.24, 2.45) is 0 Å². The molecule has 4 heteroatoms. The van der Waals surface area contributed by atoms with E-state index in [4.69, 9.17) is 9.47 Å². The lowest BCUT2D eigenvalue weighted by Gasteiger charge is -2.28. The summed E-state index contributed by atoms with van der Waals surface area (Å²) in [7, 11) is 3.47. The van der Waals surface area contributed by atoms with Crippen LogP contribution in [0.25, 0.3) is 0 Å². The standard InChI is InChI=1S/C20H22Br2O2/c1-11-12(2)15-9-18(24-4)16(10-17(15)23-3)20(22)19(21)14-7-5-13(11)6-8-14/h5-12,19-20H,1-4H3/t11-,12-,19+,20-/m1/s1. The van der Waals surface area contributed by atoms with Gasteiger partial charge in [-0.1, -0.05) is 70.0 Å². The highest BCUT2D eigenvalue weighted by Crippen LogP contribution is 2.49. The van der Waals surface area contributed by atoms with Gasteiger partial charge in [0.1, 0.15) is 11.5 Å². The number of hydrogen-bond donors (Lipinski definition) is 0. The summed E-state index contributed by atoms with van der Waals surface area (Å²) >= 11 is 7.69. The Morgan fingerprint density at radius 1 is 0.708 bits per heavy atom. The average Bonchev–Trinajstić information content (AvgIpc) is 2.63. The lowest BCUT2D eigenvalue weighted by Crippen LogP contribution is -2.11. The topological polar surface area (TPSA) is 18.5 Å². The Morgan fingerprint density at radius 3 is 1.79 bits per heavy atom. The van der Waals surface area contributed by atoms with Gasteiger partial charge < -0.3 is 9.47 Å². The fourth-order valence-corrected chi connectivity index (χ4v) is 4.64. The molecular weight excluding hydrogens is 432 g/mol. The number of benzene rings is 2. The molecule has 0 radical (unpaired) electrons. The quantitative estimate of drug-likeness (QED) is 0.483. The highest BCUT2D eigenvalue weighted by molar-refractivity contribution is 9.12. The van der Waals surface area contributed by atoms with Gasteiger partial charge in [-0.2, -0.15) is 0 Å². The van der Waals surface area contributed by atoms with Gasteiger partial charge in [0.2, 0.25) is 0 Å². The van der Waals surface area contributed by atoms with Crippen molar-refractivity contribution in [3.63, 3.8) is 0 Å². The second-order valence-electron chi connectivity index (χ2n) is 6.38. The molecule has 0 aromatic heterocycles. The van der Waals surface area contributed by atoms with Gasteiger partial charge in [0.05, 0.1) is 23.9 Å². The molecule has 0 unspecified atom stereocenters. The molecular formula is C20H22Br2O2. The normalized spacial score (nSPS) is 25.9. The number of halogens is 2. The molecule has 0 fully saturated rings. The zero-order chi connectivity index (χ0) is 17.4. The summed E-state index contributed by atoms with van der Waals surface area (Å²) in [4.78, 5) is 0.219. The fraction of sp³-hybridized carbons (Fsp3) is 0.400. The van der Waals surface area contributed by atoms with Gasteiger partial charge in [-0.25, -0.2) is 0 Å². The van der Waals surface area contributed by atoms with Gasteiger partial charge in [-0.3, -0.25) is 0 Å². The van der Waals surface area contributed by atoms with Crippen molar-refractivity contribution in [2.75, 3.05) is 14.2 Å². The maximum absolute atomic E-state index is 5.72. The molecule has 0 saturated heterocycles. The number of rotatable bonds is 2. The Labute approximate surface area is 160 Å². The number of hydrogen-bond acceptors (Lipinski definition) is 2. The Bertz CT molecular complexity index is 664. The van der Waals surface area contributed by atoms with Crippen molar-refractivity contribution in [3.05, 3.63) is 58.7 Å². The third kappa shape index (κ3) is 2.99. The van der Waals surface area contributed by atoms with E-state index >= 15 is 0 Å². The Hall–Kier alpha value is -1.00. The summed E-state index contributed by atoms with van der Waals surface area (Å²) in [5.41, 5.74) is 4.85. The molecule has 2 nitrogen and oxygen atoms in total. The second kappa shape index (κ2) is 7.09.